The molecule has 0 saturated heterocycles. The van der Waals surface area contributed by atoms with Gasteiger partial charge in [0, 0.05) is 6.42 Å². The van der Waals surface area contributed by atoms with Crippen LogP contribution in [0.2, 0.25) is 0 Å². The summed E-state index contributed by atoms with van der Waals surface area (Å²) in [6.45, 7) is 6.51. The van der Waals surface area contributed by atoms with Crippen LogP contribution < -0.4 is 5.32 Å². The van der Waals surface area contributed by atoms with Gasteiger partial charge in [-0.05, 0) is 51.4 Å². The summed E-state index contributed by atoms with van der Waals surface area (Å²) < 4.78 is 5.94. The summed E-state index contributed by atoms with van der Waals surface area (Å²) in [6.07, 6.45) is 55.6. The van der Waals surface area contributed by atoms with Gasteiger partial charge in [0.1, 0.15) is 6.10 Å². The average molecular weight is 862 g/mol. The van der Waals surface area contributed by atoms with Gasteiger partial charge < -0.3 is 20.3 Å². The highest BCUT2D eigenvalue weighted by atomic mass is 16.5. The summed E-state index contributed by atoms with van der Waals surface area (Å²) >= 11 is 0. The highest BCUT2D eigenvalue weighted by Gasteiger charge is 2.24. The van der Waals surface area contributed by atoms with Crippen LogP contribution >= 0.6 is 0 Å². The number of hydrogen-bond acceptors (Lipinski definition) is 5. The smallest absolute Gasteiger partial charge is 0.306 e. The molecule has 0 aromatic rings. The zero-order valence-electron chi connectivity index (χ0n) is 41.3. The maximum Gasteiger partial charge on any atom is 0.306 e. The third-order valence-corrected chi connectivity index (χ3v) is 12.8. The number of aliphatic hydroxyl groups is 2. The molecule has 0 saturated carbocycles. The second-order valence-electron chi connectivity index (χ2n) is 19.0. The van der Waals surface area contributed by atoms with E-state index in [2.05, 4.69) is 38.2 Å². The van der Waals surface area contributed by atoms with Crippen LogP contribution in [0.25, 0.3) is 0 Å². The van der Waals surface area contributed by atoms with Crippen molar-refractivity contribution >= 4 is 11.9 Å². The highest BCUT2D eigenvalue weighted by Crippen LogP contribution is 2.18. The number of ether oxygens (including phenoxy) is 1. The van der Waals surface area contributed by atoms with Crippen molar-refractivity contribution in [3.63, 3.8) is 0 Å². The van der Waals surface area contributed by atoms with Gasteiger partial charge in [-0.3, -0.25) is 9.59 Å². The predicted molar refractivity (Wildman–Crippen MR) is 264 cm³/mol. The van der Waals surface area contributed by atoms with Gasteiger partial charge in [-0.1, -0.05) is 251 Å². The summed E-state index contributed by atoms with van der Waals surface area (Å²) in [7, 11) is 0. The van der Waals surface area contributed by atoms with E-state index >= 15 is 0 Å². The summed E-state index contributed by atoms with van der Waals surface area (Å²) in [4.78, 5) is 26.2. The minimum Gasteiger partial charge on any atom is -0.462 e. The van der Waals surface area contributed by atoms with Crippen LogP contribution in [0.3, 0.4) is 0 Å². The van der Waals surface area contributed by atoms with Crippen molar-refractivity contribution < 1.29 is 24.5 Å². The average Bonchev–Trinajstić information content (AvgIpc) is 3.25. The second kappa shape index (κ2) is 49.6. The number of hydrogen-bond donors (Lipinski definition) is 3. The molecule has 0 aromatic carbocycles. The zero-order chi connectivity index (χ0) is 44.5. The molecule has 0 bridgehead atoms. The Labute approximate surface area is 380 Å². The van der Waals surface area contributed by atoms with Crippen molar-refractivity contribution in [3.8, 4) is 0 Å². The molecule has 362 valence electrons. The second-order valence-corrected chi connectivity index (χ2v) is 19.0. The molecule has 6 heteroatoms. The lowest BCUT2D eigenvalue weighted by Gasteiger charge is -2.24. The number of unbranched alkanes of at least 4 members (excludes halogenated alkanes) is 36. The molecule has 0 radical (unpaired) electrons. The summed E-state index contributed by atoms with van der Waals surface area (Å²) in [5, 5.41) is 23.8. The van der Waals surface area contributed by atoms with E-state index in [4.69, 9.17) is 4.74 Å². The molecule has 1 amide bonds. The molecule has 0 heterocycles. The third-order valence-electron chi connectivity index (χ3n) is 12.8. The highest BCUT2D eigenvalue weighted by molar-refractivity contribution is 5.77. The van der Waals surface area contributed by atoms with E-state index in [-0.39, 0.29) is 24.9 Å². The minimum atomic E-state index is -0.785. The molecular formula is C55H107NO5. The Morgan fingerprint density at radius 2 is 0.787 bits per heavy atom. The SMILES string of the molecule is CCCCCCCCCCC/C=C/CCCCCC(CC(=O)NC(CO)C(O)CCCCCCCCCCCCCC)OC(=O)CCCCCCCCCCCCCCCC. The van der Waals surface area contributed by atoms with Crippen molar-refractivity contribution in [2.45, 2.75) is 322 Å². The van der Waals surface area contributed by atoms with E-state index in [0.717, 1.165) is 57.8 Å². The number of amides is 1. The first kappa shape index (κ1) is 59.6. The van der Waals surface area contributed by atoms with Crippen molar-refractivity contribution in [2.24, 2.45) is 0 Å². The molecule has 0 spiro atoms. The number of allylic oxidation sites excluding steroid dienone is 2. The van der Waals surface area contributed by atoms with Gasteiger partial charge in [0.05, 0.1) is 25.2 Å². The quantitative estimate of drug-likeness (QED) is 0.0322. The van der Waals surface area contributed by atoms with Crippen LogP contribution in [0, 0.1) is 0 Å². The number of esters is 1. The lowest BCUT2D eigenvalue weighted by atomic mass is 10.0. The maximum absolute atomic E-state index is 13.2. The fourth-order valence-electron chi connectivity index (χ4n) is 8.66. The molecule has 3 atom stereocenters. The molecule has 0 fully saturated rings. The normalized spacial score (nSPS) is 13.2. The molecular weight excluding hydrogens is 755 g/mol. The number of rotatable bonds is 50. The fourth-order valence-corrected chi connectivity index (χ4v) is 8.66. The first-order chi connectivity index (χ1) is 30.0. The third kappa shape index (κ3) is 45.0. The Balaban J connectivity index is 4.56. The van der Waals surface area contributed by atoms with Crippen LogP contribution in [0.15, 0.2) is 12.2 Å². The first-order valence-corrected chi connectivity index (χ1v) is 27.4. The topological polar surface area (TPSA) is 95.9 Å². The molecule has 61 heavy (non-hydrogen) atoms. The summed E-state index contributed by atoms with van der Waals surface area (Å²) in [6, 6.07) is -0.700. The standard InChI is InChI=1S/C55H107NO5/c1-4-7-10-13-16-19-22-25-27-28-29-31-34-37-40-43-46-51(61-55(60)48-45-42-39-36-33-30-26-23-20-17-14-11-8-5-2)49-54(59)56-52(50-57)53(58)47-44-41-38-35-32-24-21-18-15-12-9-6-3/h29,31,51-53,57-58H,4-28,30,32-50H2,1-3H3,(H,56,59)/b31-29+. The number of carbonyl (C=O) groups excluding carboxylic acids is 2. The van der Waals surface area contributed by atoms with E-state index in [0.29, 0.717) is 19.3 Å². The Kier molecular flexibility index (Phi) is 48.5. The molecule has 0 aromatic heterocycles. The predicted octanol–water partition coefficient (Wildman–Crippen LogP) is 16.5. The van der Waals surface area contributed by atoms with Gasteiger partial charge in [0.2, 0.25) is 5.91 Å². The van der Waals surface area contributed by atoms with E-state index in [9.17, 15) is 19.8 Å². The lowest BCUT2D eigenvalue weighted by Crippen LogP contribution is -2.46. The molecule has 0 aliphatic rings. The fraction of sp³-hybridized carbons (Fsp3) is 0.927. The van der Waals surface area contributed by atoms with Gasteiger partial charge in [0.25, 0.3) is 0 Å². The molecule has 6 nitrogen and oxygen atoms in total. The van der Waals surface area contributed by atoms with Crippen LogP contribution in [-0.4, -0.2) is 46.9 Å². The Morgan fingerprint density at radius 3 is 1.18 bits per heavy atom. The van der Waals surface area contributed by atoms with E-state index in [1.54, 1.807) is 0 Å². The van der Waals surface area contributed by atoms with Crippen LogP contribution in [0.1, 0.15) is 303 Å². The first-order valence-electron chi connectivity index (χ1n) is 27.4. The van der Waals surface area contributed by atoms with Crippen molar-refractivity contribution in [2.75, 3.05) is 6.61 Å². The molecule has 0 rings (SSSR count). The number of carbonyl (C=O) groups is 2. The molecule has 3 N–H and O–H groups in total. The van der Waals surface area contributed by atoms with Gasteiger partial charge in [-0.25, -0.2) is 0 Å². The van der Waals surface area contributed by atoms with E-state index < -0.39 is 18.2 Å². The molecule has 0 aliphatic heterocycles. The van der Waals surface area contributed by atoms with Crippen molar-refractivity contribution in [3.05, 3.63) is 12.2 Å². The van der Waals surface area contributed by atoms with Gasteiger partial charge in [0.15, 0.2) is 0 Å². The largest absolute Gasteiger partial charge is 0.462 e. The Bertz CT molecular complexity index is 924. The molecule has 0 aliphatic carbocycles. The number of aliphatic hydroxyl groups excluding tert-OH is 2. The Hall–Kier alpha value is -1.40. The zero-order valence-corrected chi connectivity index (χ0v) is 41.3. The lowest BCUT2D eigenvalue weighted by molar-refractivity contribution is -0.151. The summed E-state index contributed by atoms with van der Waals surface area (Å²) in [5.74, 6) is -0.469. The van der Waals surface area contributed by atoms with E-state index in [1.165, 1.54) is 199 Å². The summed E-state index contributed by atoms with van der Waals surface area (Å²) in [5.41, 5.74) is 0. The minimum absolute atomic E-state index is 0.0744. The van der Waals surface area contributed by atoms with Gasteiger partial charge in [-0.15, -0.1) is 0 Å². The Morgan fingerprint density at radius 1 is 0.459 bits per heavy atom. The van der Waals surface area contributed by atoms with Crippen LogP contribution in [0.5, 0.6) is 0 Å². The van der Waals surface area contributed by atoms with E-state index in [1.807, 2.05) is 0 Å². The maximum atomic E-state index is 13.2. The van der Waals surface area contributed by atoms with Gasteiger partial charge >= 0.3 is 5.97 Å². The van der Waals surface area contributed by atoms with Crippen LogP contribution in [-0.2, 0) is 14.3 Å². The van der Waals surface area contributed by atoms with Crippen molar-refractivity contribution in [1.82, 2.24) is 5.32 Å². The number of nitrogens with one attached hydrogen (secondary N) is 1. The monoisotopic (exact) mass is 862 g/mol. The van der Waals surface area contributed by atoms with Crippen LogP contribution in [0.4, 0.5) is 0 Å². The molecule has 3 unspecified atom stereocenters. The van der Waals surface area contributed by atoms with Gasteiger partial charge in [-0.2, -0.15) is 0 Å². The van der Waals surface area contributed by atoms with Crippen molar-refractivity contribution in [1.29, 1.82) is 0 Å².